The smallest absolute Gasteiger partial charge is 0.0107 e. The maximum Gasteiger partial charge on any atom is 0.0107 e. The summed E-state index contributed by atoms with van der Waals surface area (Å²) in [5.74, 6) is 0.777. The third-order valence-corrected chi connectivity index (χ3v) is 2.86. The van der Waals surface area contributed by atoms with Crippen molar-refractivity contribution in [2.75, 3.05) is 32.7 Å². The summed E-state index contributed by atoms with van der Waals surface area (Å²) >= 11 is 0. The Morgan fingerprint density at radius 3 is 2.29 bits per heavy atom. The van der Waals surface area contributed by atoms with Gasteiger partial charge in [0, 0.05) is 13.1 Å². The highest BCUT2D eigenvalue weighted by atomic mass is 15.1. The van der Waals surface area contributed by atoms with Crippen LogP contribution in [-0.4, -0.2) is 37.6 Å². The van der Waals surface area contributed by atoms with Crippen LogP contribution >= 0.6 is 0 Å². The molecule has 0 bridgehead atoms. The molecule has 1 aliphatic rings. The molecule has 0 aromatic heterocycles. The van der Waals surface area contributed by atoms with E-state index in [0.717, 1.165) is 19.0 Å². The van der Waals surface area contributed by atoms with Crippen molar-refractivity contribution in [1.82, 2.24) is 10.2 Å². The van der Waals surface area contributed by atoms with Crippen LogP contribution in [-0.2, 0) is 0 Å². The van der Waals surface area contributed by atoms with Crippen molar-refractivity contribution < 1.29 is 0 Å². The summed E-state index contributed by atoms with van der Waals surface area (Å²) in [6.07, 6.45) is 5.69. The molecule has 14 heavy (non-hydrogen) atoms. The molecule has 1 heterocycles. The summed E-state index contributed by atoms with van der Waals surface area (Å²) in [5.41, 5.74) is 0. The van der Waals surface area contributed by atoms with Crippen molar-refractivity contribution in [3.05, 3.63) is 0 Å². The van der Waals surface area contributed by atoms with E-state index >= 15 is 0 Å². The molecule has 0 unspecified atom stereocenters. The minimum Gasteiger partial charge on any atom is -0.315 e. The van der Waals surface area contributed by atoms with Crippen LogP contribution in [0.5, 0.6) is 0 Å². The lowest BCUT2D eigenvalue weighted by Gasteiger charge is -2.20. The molecule has 0 saturated carbocycles. The average molecular weight is 198 g/mol. The van der Waals surface area contributed by atoms with Crippen LogP contribution in [0, 0.1) is 5.92 Å². The predicted octanol–water partition coefficient (Wildman–Crippen LogP) is 2.11. The van der Waals surface area contributed by atoms with Gasteiger partial charge in [0.25, 0.3) is 0 Å². The molecule has 84 valence electrons. The van der Waals surface area contributed by atoms with E-state index in [2.05, 4.69) is 24.1 Å². The van der Waals surface area contributed by atoms with Crippen LogP contribution in [0.4, 0.5) is 0 Å². The number of hydrogen-bond acceptors (Lipinski definition) is 2. The molecule has 0 aromatic rings. The third kappa shape index (κ3) is 5.61. The molecule has 0 amide bonds. The SMILES string of the molecule is CC(C)CNCCN1CCCCCC1. The van der Waals surface area contributed by atoms with E-state index in [9.17, 15) is 0 Å². The first-order chi connectivity index (χ1) is 6.79. The van der Waals surface area contributed by atoms with Crippen molar-refractivity contribution in [3.8, 4) is 0 Å². The van der Waals surface area contributed by atoms with Crippen molar-refractivity contribution in [1.29, 1.82) is 0 Å². The van der Waals surface area contributed by atoms with E-state index in [1.54, 1.807) is 0 Å². The molecule has 0 aromatic carbocycles. The fraction of sp³-hybridized carbons (Fsp3) is 1.00. The Kier molecular flexibility index (Phi) is 6.20. The Morgan fingerprint density at radius 2 is 1.71 bits per heavy atom. The summed E-state index contributed by atoms with van der Waals surface area (Å²) in [5, 5.41) is 3.51. The first-order valence-electron chi connectivity index (χ1n) is 6.22. The molecular formula is C12H26N2. The zero-order valence-electron chi connectivity index (χ0n) is 9.89. The lowest BCUT2D eigenvalue weighted by molar-refractivity contribution is 0.282. The maximum absolute atomic E-state index is 3.51. The van der Waals surface area contributed by atoms with Gasteiger partial charge in [0.2, 0.25) is 0 Å². The summed E-state index contributed by atoms with van der Waals surface area (Å²) < 4.78 is 0. The van der Waals surface area contributed by atoms with E-state index in [1.165, 1.54) is 45.3 Å². The van der Waals surface area contributed by atoms with E-state index < -0.39 is 0 Å². The lowest BCUT2D eigenvalue weighted by Crippen LogP contribution is -2.34. The minimum atomic E-state index is 0.777. The van der Waals surface area contributed by atoms with Gasteiger partial charge in [0.05, 0.1) is 0 Å². The van der Waals surface area contributed by atoms with Gasteiger partial charge in [0.1, 0.15) is 0 Å². The third-order valence-electron chi connectivity index (χ3n) is 2.86. The highest BCUT2D eigenvalue weighted by Crippen LogP contribution is 2.08. The van der Waals surface area contributed by atoms with Gasteiger partial charge in [-0.25, -0.2) is 0 Å². The number of nitrogens with zero attached hydrogens (tertiary/aromatic N) is 1. The molecular weight excluding hydrogens is 172 g/mol. The maximum atomic E-state index is 3.51. The normalized spacial score (nSPS) is 19.9. The average Bonchev–Trinajstić information content (AvgIpc) is 2.40. The number of rotatable bonds is 5. The quantitative estimate of drug-likeness (QED) is 0.681. The molecule has 0 spiro atoms. The molecule has 1 aliphatic heterocycles. The van der Waals surface area contributed by atoms with E-state index in [4.69, 9.17) is 0 Å². The van der Waals surface area contributed by atoms with Gasteiger partial charge < -0.3 is 10.2 Å². The number of hydrogen-bond donors (Lipinski definition) is 1. The Balaban J connectivity index is 1.99. The molecule has 2 heteroatoms. The zero-order chi connectivity index (χ0) is 10.2. The van der Waals surface area contributed by atoms with E-state index in [-0.39, 0.29) is 0 Å². The molecule has 0 radical (unpaired) electrons. The topological polar surface area (TPSA) is 15.3 Å². The van der Waals surface area contributed by atoms with Crippen molar-refractivity contribution in [2.24, 2.45) is 5.92 Å². The van der Waals surface area contributed by atoms with Crippen molar-refractivity contribution in [3.63, 3.8) is 0 Å². The van der Waals surface area contributed by atoms with Gasteiger partial charge in [-0.3, -0.25) is 0 Å². The molecule has 1 saturated heterocycles. The Labute approximate surface area is 89.1 Å². The second kappa shape index (κ2) is 7.24. The van der Waals surface area contributed by atoms with Crippen LogP contribution in [0.25, 0.3) is 0 Å². The minimum absolute atomic E-state index is 0.777. The van der Waals surface area contributed by atoms with Gasteiger partial charge in [-0.15, -0.1) is 0 Å². The van der Waals surface area contributed by atoms with Gasteiger partial charge in [-0.1, -0.05) is 26.7 Å². The summed E-state index contributed by atoms with van der Waals surface area (Å²) in [6, 6.07) is 0. The zero-order valence-corrected chi connectivity index (χ0v) is 9.89. The molecule has 2 nitrogen and oxygen atoms in total. The summed E-state index contributed by atoms with van der Waals surface area (Å²) in [4.78, 5) is 2.61. The Hall–Kier alpha value is -0.0800. The summed E-state index contributed by atoms with van der Waals surface area (Å²) in [6.45, 7) is 10.7. The standard InChI is InChI=1S/C12H26N2/c1-12(2)11-13-7-10-14-8-5-3-4-6-9-14/h12-13H,3-11H2,1-2H3. The number of nitrogens with one attached hydrogen (secondary N) is 1. The van der Waals surface area contributed by atoms with Crippen LogP contribution in [0.3, 0.4) is 0 Å². The molecule has 0 aliphatic carbocycles. The highest BCUT2D eigenvalue weighted by molar-refractivity contribution is 4.64. The molecule has 0 atom stereocenters. The molecule has 1 fully saturated rings. The predicted molar refractivity (Wildman–Crippen MR) is 62.6 cm³/mol. The largest absolute Gasteiger partial charge is 0.315 e. The van der Waals surface area contributed by atoms with Gasteiger partial charge in [-0.05, 0) is 38.4 Å². The van der Waals surface area contributed by atoms with Gasteiger partial charge in [0.15, 0.2) is 0 Å². The van der Waals surface area contributed by atoms with Gasteiger partial charge >= 0.3 is 0 Å². The Morgan fingerprint density at radius 1 is 1.07 bits per heavy atom. The van der Waals surface area contributed by atoms with E-state index in [0.29, 0.717) is 0 Å². The fourth-order valence-corrected chi connectivity index (χ4v) is 1.99. The van der Waals surface area contributed by atoms with E-state index in [1.807, 2.05) is 0 Å². The second-order valence-electron chi connectivity index (χ2n) is 4.85. The van der Waals surface area contributed by atoms with Crippen LogP contribution in [0.15, 0.2) is 0 Å². The first kappa shape index (κ1) is 12.0. The number of likely N-dealkylation sites (tertiary alicyclic amines) is 1. The van der Waals surface area contributed by atoms with Crippen LogP contribution in [0.1, 0.15) is 39.5 Å². The second-order valence-corrected chi connectivity index (χ2v) is 4.85. The molecule has 1 N–H and O–H groups in total. The monoisotopic (exact) mass is 198 g/mol. The first-order valence-corrected chi connectivity index (χ1v) is 6.22. The van der Waals surface area contributed by atoms with Crippen molar-refractivity contribution >= 4 is 0 Å². The Bertz CT molecular complexity index is 126. The molecule has 1 rings (SSSR count). The van der Waals surface area contributed by atoms with Gasteiger partial charge in [-0.2, -0.15) is 0 Å². The van der Waals surface area contributed by atoms with Crippen LogP contribution in [0.2, 0.25) is 0 Å². The highest BCUT2D eigenvalue weighted by Gasteiger charge is 2.07. The fourth-order valence-electron chi connectivity index (χ4n) is 1.99. The van der Waals surface area contributed by atoms with Crippen molar-refractivity contribution in [2.45, 2.75) is 39.5 Å². The lowest BCUT2D eigenvalue weighted by atomic mass is 10.2. The van der Waals surface area contributed by atoms with Crippen LogP contribution < -0.4 is 5.32 Å². The summed E-state index contributed by atoms with van der Waals surface area (Å²) in [7, 11) is 0.